The quantitative estimate of drug-likeness (QED) is 0.722. The minimum Gasteiger partial charge on any atom is -0.433 e. The summed E-state index contributed by atoms with van der Waals surface area (Å²) in [5.41, 5.74) is 1.31. The summed E-state index contributed by atoms with van der Waals surface area (Å²) in [5, 5.41) is 0. The van der Waals surface area contributed by atoms with Crippen LogP contribution in [0.3, 0.4) is 0 Å². The summed E-state index contributed by atoms with van der Waals surface area (Å²) in [6.07, 6.45) is 0. The van der Waals surface area contributed by atoms with E-state index in [4.69, 9.17) is 15.8 Å². The lowest BCUT2D eigenvalue weighted by atomic mass is 9.87. The van der Waals surface area contributed by atoms with Crippen LogP contribution in [0.15, 0.2) is 24.3 Å². The third kappa shape index (κ3) is 4.27. The highest BCUT2D eigenvalue weighted by Crippen LogP contribution is 2.48. The van der Waals surface area contributed by atoms with Crippen LogP contribution in [0.4, 0.5) is 0 Å². The zero-order valence-corrected chi connectivity index (χ0v) is 11.1. The van der Waals surface area contributed by atoms with Crippen molar-refractivity contribution < 1.29 is 9.09 Å². The Morgan fingerprint density at radius 2 is 1.67 bits per heavy atom. The highest BCUT2D eigenvalue weighted by Gasteiger charge is 2.15. The predicted molar refractivity (Wildman–Crippen MR) is 65.2 cm³/mol. The molecule has 2 nitrogen and oxygen atoms in total. The molecule has 0 bridgehead atoms. The van der Waals surface area contributed by atoms with Crippen LogP contribution in [0.25, 0.3) is 0 Å². The Labute approximate surface area is 95.8 Å². The second-order valence-electron chi connectivity index (χ2n) is 4.61. The molecule has 4 heteroatoms. The third-order valence-electron chi connectivity index (χ3n) is 1.99. The van der Waals surface area contributed by atoms with E-state index >= 15 is 0 Å². The van der Waals surface area contributed by atoms with E-state index in [9.17, 15) is 4.57 Å². The fraction of sp³-hybridized carbons (Fsp3) is 0.455. The van der Waals surface area contributed by atoms with Gasteiger partial charge in [0.2, 0.25) is 0 Å². The Morgan fingerprint density at radius 3 is 2.00 bits per heavy atom. The van der Waals surface area contributed by atoms with Gasteiger partial charge in [-0.15, -0.1) is 0 Å². The Balaban J connectivity index is 2.87. The zero-order valence-electron chi connectivity index (χ0n) is 9.45. The second kappa shape index (κ2) is 4.19. The smallest absolute Gasteiger partial charge is 0.333 e. The lowest BCUT2D eigenvalue weighted by Crippen LogP contribution is -2.10. The molecule has 0 radical (unpaired) electrons. The molecule has 0 aliphatic heterocycles. The fourth-order valence-electron chi connectivity index (χ4n) is 1.20. The summed E-state index contributed by atoms with van der Waals surface area (Å²) in [5.74, 6) is 0.545. The van der Waals surface area contributed by atoms with Crippen LogP contribution in [-0.2, 0) is 9.98 Å². The summed E-state index contributed by atoms with van der Waals surface area (Å²) in [7, 11) is 0. The van der Waals surface area contributed by atoms with Gasteiger partial charge in [-0.3, -0.25) is 4.57 Å². The molecule has 0 N–H and O–H groups in total. The third-order valence-corrected chi connectivity index (χ3v) is 2.73. The largest absolute Gasteiger partial charge is 0.433 e. The average molecular weight is 247 g/mol. The second-order valence-corrected chi connectivity index (χ2v) is 8.13. The standard InChI is InChI=1S/C11H16ClO2P/c1-11(2,3)9-5-7-10(8-6-9)14-15(4,12)13/h5-8H,1-4H3. The van der Waals surface area contributed by atoms with Gasteiger partial charge in [0.1, 0.15) is 5.75 Å². The highest BCUT2D eigenvalue weighted by atomic mass is 35.7. The van der Waals surface area contributed by atoms with Gasteiger partial charge in [0, 0.05) is 6.66 Å². The van der Waals surface area contributed by atoms with Gasteiger partial charge in [0.25, 0.3) is 0 Å². The number of benzene rings is 1. The lowest BCUT2D eigenvalue weighted by molar-refractivity contribution is 0.503. The number of halogens is 1. The molecule has 0 saturated carbocycles. The molecule has 1 rings (SSSR count). The van der Waals surface area contributed by atoms with Crippen molar-refractivity contribution >= 4 is 18.0 Å². The van der Waals surface area contributed by atoms with Crippen molar-refractivity contribution in [3.63, 3.8) is 0 Å². The van der Waals surface area contributed by atoms with Gasteiger partial charge in [0.15, 0.2) is 0 Å². The van der Waals surface area contributed by atoms with E-state index in [1.807, 2.05) is 12.1 Å². The topological polar surface area (TPSA) is 26.3 Å². The molecule has 0 amide bonds. The first-order valence-corrected chi connectivity index (χ1v) is 7.73. The molecule has 1 aromatic rings. The van der Waals surface area contributed by atoms with E-state index in [0.717, 1.165) is 0 Å². The van der Waals surface area contributed by atoms with Gasteiger partial charge in [0.05, 0.1) is 0 Å². The summed E-state index contributed by atoms with van der Waals surface area (Å²) in [6.45, 7) is 4.81. The van der Waals surface area contributed by atoms with E-state index in [2.05, 4.69) is 20.8 Å². The van der Waals surface area contributed by atoms with E-state index in [1.54, 1.807) is 12.1 Å². The summed E-state index contributed by atoms with van der Waals surface area (Å²) in [4.78, 5) is 0. The number of rotatable bonds is 2. The first-order valence-electron chi connectivity index (χ1n) is 4.76. The number of hydrogen-bond acceptors (Lipinski definition) is 2. The lowest BCUT2D eigenvalue weighted by Gasteiger charge is -2.19. The molecule has 84 valence electrons. The molecular weight excluding hydrogens is 231 g/mol. The Bertz CT molecular complexity index is 373. The normalized spacial score (nSPS) is 15.8. The summed E-state index contributed by atoms with van der Waals surface area (Å²) >= 11 is 5.53. The molecule has 0 aliphatic rings. The van der Waals surface area contributed by atoms with Crippen molar-refractivity contribution in [3.05, 3.63) is 29.8 Å². The van der Waals surface area contributed by atoms with Crippen LogP contribution < -0.4 is 4.52 Å². The first kappa shape index (κ1) is 12.6. The molecule has 1 atom stereocenters. The van der Waals surface area contributed by atoms with Gasteiger partial charge in [-0.25, -0.2) is 0 Å². The molecule has 1 unspecified atom stereocenters. The van der Waals surface area contributed by atoms with E-state index < -0.39 is 6.72 Å². The van der Waals surface area contributed by atoms with Crippen LogP contribution in [-0.4, -0.2) is 6.66 Å². The maximum atomic E-state index is 11.2. The van der Waals surface area contributed by atoms with E-state index in [1.165, 1.54) is 12.2 Å². The van der Waals surface area contributed by atoms with Crippen molar-refractivity contribution in [1.82, 2.24) is 0 Å². The average Bonchev–Trinajstić information content (AvgIpc) is 2.00. The molecule has 0 aliphatic carbocycles. The zero-order chi connectivity index (χ0) is 11.7. The highest BCUT2D eigenvalue weighted by molar-refractivity contribution is 7.85. The fourth-order valence-corrected chi connectivity index (χ4v) is 1.94. The van der Waals surface area contributed by atoms with Gasteiger partial charge in [-0.2, -0.15) is 0 Å². The monoisotopic (exact) mass is 246 g/mol. The van der Waals surface area contributed by atoms with E-state index in [-0.39, 0.29) is 5.41 Å². The van der Waals surface area contributed by atoms with E-state index in [0.29, 0.717) is 5.75 Å². The van der Waals surface area contributed by atoms with Crippen molar-refractivity contribution in [2.24, 2.45) is 0 Å². The molecule has 0 fully saturated rings. The maximum Gasteiger partial charge on any atom is 0.333 e. The maximum absolute atomic E-state index is 11.2. The van der Waals surface area contributed by atoms with Crippen molar-refractivity contribution in [2.75, 3.05) is 6.66 Å². The van der Waals surface area contributed by atoms with Crippen LogP contribution >= 0.6 is 18.0 Å². The Morgan fingerprint density at radius 1 is 1.20 bits per heavy atom. The minimum atomic E-state index is -2.97. The van der Waals surface area contributed by atoms with Crippen LogP contribution in [0.5, 0.6) is 5.75 Å². The van der Waals surface area contributed by atoms with Crippen molar-refractivity contribution in [3.8, 4) is 5.75 Å². The van der Waals surface area contributed by atoms with Crippen molar-refractivity contribution in [2.45, 2.75) is 26.2 Å². The summed E-state index contributed by atoms with van der Waals surface area (Å²) < 4.78 is 16.3. The SMILES string of the molecule is CC(C)(C)c1ccc(OP(C)(=O)Cl)cc1. The molecule has 0 spiro atoms. The molecule has 15 heavy (non-hydrogen) atoms. The first-order chi connectivity index (χ1) is 6.68. The van der Waals surface area contributed by atoms with Gasteiger partial charge >= 0.3 is 6.72 Å². The molecular formula is C11H16ClO2P. The summed E-state index contributed by atoms with van der Waals surface area (Å²) in [6, 6.07) is 7.50. The Kier molecular flexibility index (Phi) is 3.52. The Hall–Kier alpha value is -0.460. The molecule has 0 saturated heterocycles. The predicted octanol–water partition coefficient (Wildman–Crippen LogP) is 4.42. The molecule has 1 aromatic carbocycles. The molecule has 0 heterocycles. The van der Waals surface area contributed by atoms with Gasteiger partial charge in [-0.1, -0.05) is 32.9 Å². The van der Waals surface area contributed by atoms with Gasteiger partial charge < -0.3 is 4.52 Å². The van der Waals surface area contributed by atoms with Crippen LogP contribution in [0, 0.1) is 0 Å². The number of hydrogen-bond donors (Lipinski definition) is 0. The molecule has 0 aromatic heterocycles. The van der Waals surface area contributed by atoms with Crippen LogP contribution in [0.1, 0.15) is 26.3 Å². The minimum absolute atomic E-state index is 0.107. The van der Waals surface area contributed by atoms with Crippen molar-refractivity contribution in [1.29, 1.82) is 0 Å². The van der Waals surface area contributed by atoms with Crippen LogP contribution in [0.2, 0.25) is 0 Å². The van der Waals surface area contributed by atoms with Gasteiger partial charge in [-0.05, 0) is 34.4 Å².